The average Bonchev–Trinajstić information content (AvgIpc) is 2.77. The second-order valence-electron chi connectivity index (χ2n) is 3.39. The third kappa shape index (κ3) is 2.72. The van der Waals surface area contributed by atoms with Gasteiger partial charge in [-0.25, -0.2) is 8.42 Å². The average molecular weight is 323 g/mol. The molecule has 0 fully saturated rings. The van der Waals surface area contributed by atoms with Crippen LogP contribution in [0.5, 0.6) is 0 Å². The summed E-state index contributed by atoms with van der Waals surface area (Å²) in [6.07, 6.45) is 0. The van der Waals surface area contributed by atoms with Gasteiger partial charge in [-0.3, -0.25) is 4.72 Å². The van der Waals surface area contributed by atoms with Crippen LogP contribution in [0.2, 0.25) is 10.0 Å². The van der Waals surface area contributed by atoms with Crippen LogP contribution in [0, 0.1) is 0 Å². The molecule has 8 heteroatoms. The first kappa shape index (κ1) is 13.5. The van der Waals surface area contributed by atoms with E-state index < -0.39 is 10.0 Å². The number of thiophene rings is 1. The molecule has 1 aromatic heterocycles. The minimum absolute atomic E-state index is 0.134. The SMILES string of the molecule is Nc1cc(Cl)cc(Cl)c1NS(=O)(=O)c1cccs1. The Morgan fingerprint density at radius 2 is 2.00 bits per heavy atom. The first-order valence-electron chi connectivity index (χ1n) is 4.71. The monoisotopic (exact) mass is 322 g/mol. The third-order valence-electron chi connectivity index (χ3n) is 2.08. The molecular weight excluding hydrogens is 315 g/mol. The van der Waals surface area contributed by atoms with E-state index in [9.17, 15) is 8.42 Å². The van der Waals surface area contributed by atoms with Crippen LogP contribution in [0.1, 0.15) is 0 Å². The molecule has 2 aromatic rings. The molecule has 0 unspecified atom stereocenters. The Morgan fingerprint density at radius 3 is 2.56 bits per heavy atom. The van der Waals surface area contributed by atoms with Crippen LogP contribution in [0.15, 0.2) is 33.9 Å². The van der Waals surface area contributed by atoms with E-state index >= 15 is 0 Å². The van der Waals surface area contributed by atoms with Gasteiger partial charge < -0.3 is 5.73 Å². The predicted octanol–water partition coefficient (Wildman–Crippen LogP) is 3.44. The zero-order chi connectivity index (χ0) is 13.3. The number of anilines is 2. The lowest BCUT2D eigenvalue weighted by atomic mass is 10.3. The smallest absolute Gasteiger partial charge is 0.271 e. The van der Waals surface area contributed by atoms with Gasteiger partial charge in [0.15, 0.2) is 0 Å². The number of hydrogen-bond acceptors (Lipinski definition) is 4. The molecule has 1 heterocycles. The van der Waals surface area contributed by atoms with Gasteiger partial charge in [0.25, 0.3) is 10.0 Å². The van der Waals surface area contributed by atoms with Gasteiger partial charge in [0.1, 0.15) is 4.21 Å². The number of benzene rings is 1. The number of sulfonamides is 1. The summed E-state index contributed by atoms with van der Waals surface area (Å²) in [7, 11) is -3.67. The lowest BCUT2D eigenvalue weighted by Crippen LogP contribution is -2.13. The lowest BCUT2D eigenvalue weighted by Gasteiger charge is -2.11. The minimum atomic E-state index is -3.67. The Kier molecular flexibility index (Phi) is 3.72. The first-order valence-corrected chi connectivity index (χ1v) is 7.83. The summed E-state index contributed by atoms with van der Waals surface area (Å²) in [4.78, 5) is 0. The summed E-state index contributed by atoms with van der Waals surface area (Å²) in [6.45, 7) is 0. The molecule has 0 bridgehead atoms. The normalized spacial score (nSPS) is 11.4. The van der Waals surface area contributed by atoms with Crippen molar-refractivity contribution < 1.29 is 8.42 Å². The maximum Gasteiger partial charge on any atom is 0.271 e. The quantitative estimate of drug-likeness (QED) is 0.850. The molecular formula is C10H8Cl2N2O2S2. The topological polar surface area (TPSA) is 72.2 Å². The second kappa shape index (κ2) is 4.97. The van der Waals surface area contributed by atoms with Crippen molar-refractivity contribution in [2.75, 3.05) is 10.5 Å². The number of rotatable bonds is 3. The molecule has 0 spiro atoms. The van der Waals surface area contributed by atoms with Gasteiger partial charge in [-0.05, 0) is 23.6 Å². The summed E-state index contributed by atoms with van der Waals surface area (Å²) >= 11 is 12.8. The number of nitrogen functional groups attached to an aromatic ring is 1. The van der Waals surface area contributed by atoms with Gasteiger partial charge in [-0.2, -0.15) is 0 Å². The van der Waals surface area contributed by atoms with Crippen molar-refractivity contribution in [3.05, 3.63) is 39.7 Å². The summed E-state index contributed by atoms with van der Waals surface area (Å²) < 4.78 is 26.5. The standard InChI is InChI=1S/C10H8Cl2N2O2S2/c11-6-4-7(12)10(8(13)5-6)14-18(15,16)9-2-1-3-17-9/h1-5,14H,13H2. The van der Waals surface area contributed by atoms with Crippen molar-refractivity contribution in [3.63, 3.8) is 0 Å². The van der Waals surface area contributed by atoms with Crippen LogP contribution in [0.3, 0.4) is 0 Å². The molecule has 0 aliphatic rings. The van der Waals surface area contributed by atoms with Crippen LogP contribution in [0.25, 0.3) is 0 Å². The highest BCUT2D eigenvalue weighted by molar-refractivity contribution is 7.94. The fourth-order valence-electron chi connectivity index (χ4n) is 1.30. The fourth-order valence-corrected chi connectivity index (χ4v) is 4.02. The molecule has 0 amide bonds. The van der Waals surface area contributed by atoms with Crippen molar-refractivity contribution in [1.29, 1.82) is 0 Å². The maximum absolute atomic E-state index is 12.0. The zero-order valence-corrected chi connectivity index (χ0v) is 12.0. The highest BCUT2D eigenvalue weighted by atomic mass is 35.5. The van der Waals surface area contributed by atoms with E-state index in [2.05, 4.69) is 4.72 Å². The van der Waals surface area contributed by atoms with Crippen molar-refractivity contribution in [2.45, 2.75) is 4.21 Å². The van der Waals surface area contributed by atoms with E-state index in [0.717, 1.165) is 11.3 Å². The Hall–Kier alpha value is -0.950. The van der Waals surface area contributed by atoms with Gasteiger partial charge in [0.05, 0.1) is 16.4 Å². The molecule has 18 heavy (non-hydrogen) atoms. The molecule has 0 saturated carbocycles. The molecule has 3 N–H and O–H groups in total. The number of hydrogen-bond donors (Lipinski definition) is 2. The summed E-state index contributed by atoms with van der Waals surface area (Å²) in [5.74, 6) is 0. The summed E-state index contributed by atoms with van der Waals surface area (Å²) in [6, 6.07) is 5.99. The molecule has 0 radical (unpaired) electrons. The van der Waals surface area contributed by atoms with Crippen LogP contribution < -0.4 is 10.5 Å². The fraction of sp³-hybridized carbons (Fsp3) is 0. The highest BCUT2D eigenvalue weighted by Crippen LogP contribution is 2.34. The van der Waals surface area contributed by atoms with E-state index in [-0.39, 0.29) is 20.6 Å². The van der Waals surface area contributed by atoms with Crippen LogP contribution in [-0.2, 0) is 10.0 Å². The summed E-state index contributed by atoms with van der Waals surface area (Å²) in [5, 5.41) is 2.16. The highest BCUT2D eigenvalue weighted by Gasteiger charge is 2.18. The molecule has 2 rings (SSSR count). The van der Waals surface area contributed by atoms with Gasteiger partial charge in [0.2, 0.25) is 0 Å². The maximum atomic E-state index is 12.0. The molecule has 0 saturated heterocycles. The molecule has 96 valence electrons. The van der Waals surface area contributed by atoms with E-state index in [1.165, 1.54) is 18.2 Å². The Bertz CT molecular complexity index is 646. The van der Waals surface area contributed by atoms with Crippen LogP contribution in [-0.4, -0.2) is 8.42 Å². The Labute approximate surface area is 118 Å². The van der Waals surface area contributed by atoms with E-state index in [1.807, 2.05) is 0 Å². The van der Waals surface area contributed by atoms with Crippen molar-refractivity contribution >= 4 is 55.9 Å². The Morgan fingerprint density at radius 1 is 1.28 bits per heavy atom. The molecule has 0 aliphatic heterocycles. The first-order chi connectivity index (χ1) is 8.40. The second-order valence-corrected chi connectivity index (χ2v) is 7.09. The number of nitrogens with two attached hydrogens (primary N) is 1. The van der Waals surface area contributed by atoms with Crippen molar-refractivity contribution in [2.24, 2.45) is 0 Å². The van der Waals surface area contributed by atoms with Crippen LogP contribution in [0.4, 0.5) is 11.4 Å². The Balaban J connectivity index is 2.42. The molecule has 4 nitrogen and oxygen atoms in total. The van der Waals surface area contributed by atoms with Crippen molar-refractivity contribution in [3.8, 4) is 0 Å². The molecule has 1 aromatic carbocycles. The third-order valence-corrected chi connectivity index (χ3v) is 5.35. The predicted molar refractivity (Wildman–Crippen MR) is 76.0 cm³/mol. The largest absolute Gasteiger partial charge is 0.397 e. The van der Waals surface area contributed by atoms with Gasteiger partial charge in [0, 0.05) is 5.02 Å². The number of halogens is 2. The van der Waals surface area contributed by atoms with Crippen molar-refractivity contribution in [1.82, 2.24) is 0 Å². The van der Waals surface area contributed by atoms with E-state index in [0.29, 0.717) is 5.02 Å². The van der Waals surface area contributed by atoms with Crippen LogP contribution >= 0.6 is 34.5 Å². The van der Waals surface area contributed by atoms with E-state index in [4.69, 9.17) is 28.9 Å². The molecule has 0 atom stereocenters. The molecule has 0 aliphatic carbocycles. The summed E-state index contributed by atoms with van der Waals surface area (Å²) in [5.41, 5.74) is 6.00. The lowest BCUT2D eigenvalue weighted by molar-refractivity contribution is 0.603. The van der Waals surface area contributed by atoms with E-state index in [1.54, 1.807) is 11.4 Å². The van der Waals surface area contributed by atoms with Gasteiger partial charge in [-0.15, -0.1) is 11.3 Å². The van der Waals surface area contributed by atoms with Gasteiger partial charge >= 0.3 is 0 Å². The number of nitrogens with one attached hydrogen (secondary N) is 1. The van der Waals surface area contributed by atoms with Gasteiger partial charge in [-0.1, -0.05) is 29.3 Å². The zero-order valence-electron chi connectivity index (χ0n) is 8.85. The minimum Gasteiger partial charge on any atom is -0.397 e.